The maximum atomic E-state index is 5.90. The van der Waals surface area contributed by atoms with E-state index >= 15 is 0 Å². The van der Waals surface area contributed by atoms with Gasteiger partial charge >= 0.3 is 0 Å². The number of hydrogen-bond acceptors (Lipinski definition) is 3. The molecule has 5 heteroatoms. The van der Waals surface area contributed by atoms with Gasteiger partial charge in [0.15, 0.2) is 5.96 Å². The molecule has 0 aliphatic heterocycles. The van der Waals surface area contributed by atoms with Gasteiger partial charge in [-0.25, -0.2) is 4.99 Å². The second kappa shape index (κ2) is 12.0. The Hall–Kier alpha value is -2.53. The van der Waals surface area contributed by atoms with Gasteiger partial charge in [0.05, 0.1) is 5.69 Å². The van der Waals surface area contributed by atoms with Crippen LogP contribution < -0.4 is 21.1 Å². The molecule has 0 aliphatic rings. The van der Waals surface area contributed by atoms with Crippen molar-refractivity contribution in [2.75, 3.05) is 19.6 Å². The highest BCUT2D eigenvalue weighted by atomic mass is 16.5. The summed E-state index contributed by atoms with van der Waals surface area (Å²) in [5.41, 5.74) is 7.59. The lowest BCUT2D eigenvalue weighted by Crippen LogP contribution is -2.38. The molecule has 27 heavy (non-hydrogen) atoms. The molecule has 0 aliphatic carbocycles. The Balaban J connectivity index is 2.00. The number of nitrogens with two attached hydrogens (primary N) is 1. The topological polar surface area (TPSA) is 71.7 Å². The van der Waals surface area contributed by atoms with Crippen molar-refractivity contribution in [2.45, 2.75) is 33.3 Å². The van der Waals surface area contributed by atoms with E-state index < -0.39 is 0 Å². The number of nitrogens with zero attached hydrogens (tertiary/aromatic N) is 1. The molecule has 4 N–H and O–H groups in total. The molecule has 0 heterocycles. The summed E-state index contributed by atoms with van der Waals surface area (Å²) in [6.07, 6.45) is 2.00. The van der Waals surface area contributed by atoms with Gasteiger partial charge < -0.3 is 21.1 Å². The molecule has 5 nitrogen and oxygen atoms in total. The molecule has 0 spiro atoms. The molecule has 0 aromatic heterocycles. The highest BCUT2D eigenvalue weighted by Gasteiger charge is 2.02. The molecule has 0 saturated heterocycles. The van der Waals surface area contributed by atoms with E-state index in [-0.39, 0.29) is 0 Å². The van der Waals surface area contributed by atoms with Crippen LogP contribution in [0, 0.1) is 5.92 Å². The molecule has 0 atom stereocenters. The largest absolute Gasteiger partial charge is 0.489 e. The second-order valence-electron chi connectivity index (χ2n) is 6.91. The molecule has 0 saturated carbocycles. The number of benzene rings is 2. The fourth-order valence-corrected chi connectivity index (χ4v) is 2.44. The Kier molecular flexibility index (Phi) is 9.21. The van der Waals surface area contributed by atoms with E-state index in [0.717, 1.165) is 48.9 Å². The van der Waals surface area contributed by atoms with Crippen molar-refractivity contribution < 1.29 is 4.74 Å². The van der Waals surface area contributed by atoms with E-state index in [0.29, 0.717) is 19.1 Å². The zero-order valence-electron chi connectivity index (χ0n) is 16.4. The van der Waals surface area contributed by atoms with E-state index in [9.17, 15) is 0 Å². The van der Waals surface area contributed by atoms with Crippen molar-refractivity contribution >= 4 is 11.6 Å². The molecule has 0 unspecified atom stereocenters. The van der Waals surface area contributed by atoms with Gasteiger partial charge in [-0.15, -0.1) is 0 Å². The number of aliphatic imine (C=N–C) groups is 1. The van der Waals surface area contributed by atoms with Gasteiger partial charge in [-0.3, -0.25) is 0 Å². The Morgan fingerprint density at radius 2 is 1.81 bits per heavy atom. The maximum Gasteiger partial charge on any atom is 0.196 e. The van der Waals surface area contributed by atoms with Gasteiger partial charge in [0, 0.05) is 19.2 Å². The minimum atomic E-state index is 0.544. The summed E-state index contributed by atoms with van der Waals surface area (Å²) in [5, 5.41) is 6.73. The summed E-state index contributed by atoms with van der Waals surface area (Å²) in [5.74, 6) is 2.24. The molecular weight excluding hydrogens is 336 g/mol. The minimum absolute atomic E-state index is 0.544. The van der Waals surface area contributed by atoms with Crippen LogP contribution in [0.5, 0.6) is 5.75 Å². The zero-order chi connectivity index (χ0) is 19.3. The molecular formula is C22H32N4O. The third-order valence-electron chi connectivity index (χ3n) is 3.99. The Labute approximate surface area is 163 Å². The van der Waals surface area contributed by atoms with Crippen LogP contribution in [0.2, 0.25) is 0 Å². The Morgan fingerprint density at radius 1 is 1.04 bits per heavy atom. The first-order valence-corrected chi connectivity index (χ1v) is 9.70. The van der Waals surface area contributed by atoms with Crippen LogP contribution in [0.25, 0.3) is 0 Å². The summed E-state index contributed by atoms with van der Waals surface area (Å²) in [4.78, 5) is 4.72. The van der Waals surface area contributed by atoms with Crippen molar-refractivity contribution in [1.29, 1.82) is 0 Å². The molecule has 2 aromatic carbocycles. The van der Waals surface area contributed by atoms with Gasteiger partial charge in [-0.1, -0.05) is 50.2 Å². The summed E-state index contributed by atoms with van der Waals surface area (Å²) in [7, 11) is 0. The zero-order valence-corrected chi connectivity index (χ0v) is 16.4. The maximum absolute atomic E-state index is 5.90. The van der Waals surface area contributed by atoms with Gasteiger partial charge in [0.2, 0.25) is 0 Å². The van der Waals surface area contributed by atoms with Crippen molar-refractivity contribution in [2.24, 2.45) is 16.6 Å². The van der Waals surface area contributed by atoms with Crippen LogP contribution in [0.1, 0.15) is 32.3 Å². The summed E-state index contributed by atoms with van der Waals surface area (Å²) in [6.45, 7) is 7.32. The van der Waals surface area contributed by atoms with Crippen LogP contribution in [0.4, 0.5) is 5.69 Å². The predicted molar refractivity (Wildman–Crippen MR) is 113 cm³/mol. The van der Waals surface area contributed by atoms with E-state index in [1.54, 1.807) is 0 Å². The molecule has 0 radical (unpaired) electrons. The fraction of sp³-hybridized carbons (Fsp3) is 0.409. The van der Waals surface area contributed by atoms with Crippen molar-refractivity contribution in [1.82, 2.24) is 10.6 Å². The fourth-order valence-electron chi connectivity index (χ4n) is 2.44. The Morgan fingerprint density at radius 3 is 2.56 bits per heavy atom. The summed E-state index contributed by atoms with van der Waals surface area (Å²) in [6, 6.07) is 18.0. The third-order valence-corrected chi connectivity index (χ3v) is 3.99. The summed E-state index contributed by atoms with van der Waals surface area (Å²) < 4.78 is 5.90. The standard InChI is InChI=1S/C22H32N4O/c1-18(2)12-15-25-22(24-14-7-13-23)26-20-10-6-11-21(16-20)27-17-19-8-4-3-5-9-19/h3-6,8-11,16,18H,7,12-15,17,23H2,1-2H3,(H2,24,25,26). The predicted octanol–water partition coefficient (Wildman–Crippen LogP) is 3.83. The first kappa shape index (κ1) is 20.8. The first-order chi connectivity index (χ1) is 13.2. The smallest absolute Gasteiger partial charge is 0.196 e. The lowest BCUT2D eigenvalue weighted by atomic mass is 10.1. The van der Waals surface area contributed by atoms with Crippen molar-refractivity contribution in [3.05, 3.63) is 60.2 Å². The first-order valence-electron chi connectivity index (χ1n) is 9.70. The lowest BCUT2D eigenvalue weighted by molar-refractivity contribution is 0.306. The van der Waals surface area contributed by atoms with E-state index in [4.69, 9.17) is 15.5 Å². The van der Waals surface area contributed by atoms with E-state index in [1.165, 1.54) is 0 Å². The van der Waals surface area contributed by atoms with Crippen LogP contribution in [-0.2, 0) is 6.61 Å². The lowest BCUT2D eigenvalue weighted by Gasteiger charge is -2.13. The molecule has 0 fully saturated rings. The van der Waals surface area contributed by atoms with E-state index in [2.05, 4.69) is 36.6 Å². The van der Waals surface area contributed by atoms with Crippen LogP contribution in [0.3, 0.4) is 0 Å². The molecule has 146 valence electrons. The highest BCUT2D eigenvalue weighted by molar-refractivity contribution is 5.82. The number of hydrogen-bond donors (Lipinski definition) is 3. The van der Waals surface area contributed by atoms with Gasteiger partial charge in [-0.2, -0.15) is 0 Å². The molecule has 0 amide bonds. The Bertz CT molecular complexity index is 686. The number of ether oxygens (including phenoxy) is 1. The average molecular weight is 369 g/mol. The third kappa shape index (κ3) is 8.60. The molecule has 0 bridgehead atoms. The SMILES string of the molecule is CC(C)CCNC(=Nc1cccc(OCc2ccccc2)c1)NCCCN. The van der Waals surface area contributed by atoms with Crippen LogP contribution >= 0.6 is 0 Å². The van der Waals surface area contributed by atoms with Crippen LogP contribution in [-0.4, -0.2) is 25.6 Å². The quantitative estimate of drug-likeness (QED) is 0.339. The molecule has 2 rings (SSSR count). The van der Waals surface area contributed by atoms with Gasteiger partial charge in [0.25, 0.3) is 0 Å². The normalized spacial score (nSPS) is 11.5. The van der Waals surface area contributed by atoms with Crippen LogP contribution in [0.15, 0.2) is 59.6 Å². The minimum Gasteiger partial charge on any atom is -0.489 e. The average Bonchev–Trinajstić information content (AvgIpc) is 2.67. The van der Waals surface area contributed by atoms with Gasteiger partial charge in [-0.05, 0) is 43.0 Å². The second-order valence-corrected chi connectivity index (χ2v) is 6.91. The van der Waals surface area contributed by atoms with Gasteiger partial charge in [0.1, 0.15) is 12.4 Å². The van der Waals surface area contributed by atoms with Crippen molar-refractivity contribution in [3.63, 3.8) is 0 Å². The highest BCUT2D eigenvalue weighted by Crippen LogP contribution is 2.21. The molecule has 2 aromatic rings. The van der Waals surface area contributed by atoms with Crippen molar-refractivity contribution in [3.8, 4) is 5.75 Å². The summed E-state index contributed by atoms with van der Waals surface area (Å²) >= 11 is 0. The number of guanidine groups is 1. The number of rotatable bonds is 10. The van der Waals surface area contributed by atoms with E-state index in [1.807, 2.05) is 42.5 Å². The number of nitrogens with one attached hydrogen (secondary N) is 2. The monoisotopic (exact) mass is 368 g/mol.